The van der Waals surface area contributed by atoms with Gasteiger partial charge in [0.25, 0.3) is 5.91 Å². The minimum Gasteiger partial charge on any atom is -0.508 e. The molecule has 0 saturated heterocycles. The van der Waals surface area contributed by atoms with Gasteiger partial charge >= 0.3 is 0 Å². The molecule has 3 aromatic rings. The Balaban J connectivity index is 1.85. The topological polar surface area (TPSA) is 78.5 Å². The zero-order valence-electron chi connectivity index (χ0n) is 15.7. The predicted octanol–water partition coefficient (Wildman–Crippen LogP) is 4.67. The number of nitrogens with zero attached hydrogens (tertiary/aromatic N) is 2. The molecule has 4 rings (SSSR count). The van der Waals surface area contributed by atoms with E-state index in [0.717, 1.165) is 11.1 Å². The van der Waals surface area contributed by atoms with E-state index in [0.29, 0.717) is 46.6 Å². The summed E-state index contributed by atoms with van der Waals surface area (Å²) >= 11 is 12.5. The number of halogens is 2. The van der Waals surface area contributed by atoms with Crippen LogP contribution in [0.3, 0.4) is 0 Å². The van der Waals surface area contributed by atoms with E-state index in [1.54, 1.807) is 48.4 Å². The van der Waals surface area contributed by atoms with Crippen LogP contribution in [0.2, 0.25) is 10.0 Å². The minimum atomic E-state index is -0.401. The molecule has 1 aliphatic rings. The van der Waals surface area contributed by atoms with Gasteiger partial charge in [0.2, 0.25) is 0 Å². The van der Waals surface area contributed by atoms with Crippen LogP contribution < -0.4 is 0 Å². The van der Waals surface area contributed by atoms with Gasteiger partial charge in [0.05, 0.1) is 11.1 Å². The van der Waals surface area contributed by atoms with Crippen LogP contribution in [0.4, 0.5) is 0 Å². The first-order valence-corrected chi connectivity index (χ1v) is 9.89. The first-order chi connectivity index (χ1) is 14.0. The Morgan fingerprint density at radius 1 is 1.24 bits per heavy atom. The molecule has 2 heterocycles. The SMILES string of the molecule is COCCCN1C(=O)c2[nH]nc(-c3ccc(Cl)cc3Cl)c2C1c1cccc(O)c1. The smallest absolute Gasteiger partial charge is 0.273 e. The Hall–Kier alpha value is -2.54. The number of methoxy groups -OCH3 is 1. The van der Waals surface area contributed by atoms with Gasteiger partial charge in [-0.05, 0) is 42.3 Å². The largest absolute Gasteiger partial charge is 0.508 e. The van der Waals surface area contributed by atoms with E-state index in [4.69, 9.17) is 27.9 Å². The zero-order chi connectivity index (χ0) is 20.5. The quantitative estimate of drug-likeness (QED) is 0.555. The maximum atomic E-state index is 13.1. The van der Waals surface area contributed by atoms with Gasteiger partial charge in [0, 0.05) is 36.4 Å². The summed E-state index contributed by atoms with van der Waals surface area (Å²) in [6.07, 6.45) is 0.687. The van der Waals surface area contributed by atoms with Crippen LogP contribution in [0.15, 0.2) is 42.5 Å². The maximum Gasteiger partial charge on any atom is 0.273 e. The Kier molecular flexibility index (Phi) is 5.50. The van der Waals surface area contributed by atoms with Crippen molar-refractivity contribution in [3.05, 3.63) is 69.3 Å². The minimum absolute atomic E-state index is 0.134. The lowest BCUT2D eigenvalue weighted by atomic mass is 9.96. The third-order valence-corrected chi connectivity index (χ3v) is 5.53. The second-order valence-corrected chi connectivity index (χ2v) is 7.67. The number of H-pyrrole nitrogens is 1. The molecule has 0 spiro atoms. The summed E-state index contributed by atoms with van der Waals surface area (Å²) in [5.74, 6) is -0.0110. The standard InChI is InChI=1S/C21H19Cl2N3O3/c1-29-9-3-8-26-20(12-4-2-5-14(27)10-12)17-18(24-25-19(17)21(26)28)15-7-6-13(22)11-16(15)23/h2,4-7,10-11,20,27H,3,8-9H2,1H3,(H,24,25). The highest BCUT2D eigenvalue weighted by Gasteiger charge is 2.42. The molecule has 8 heteroatoms. The number of nitrogens with one attached hydrogen (secondary N) is 1. The Morgan fingerprint density at radius 2 is 2.07 bits per heavy atom. The number of ether oxygens (including phenoxy) is 1. The summed E-state index contributed by atoms with van der Waals surface area (Å²) in [5.41, 5.74) is 3.24. The summed E-state index contributed by atoms with van der Waals surface area (Å²) < 4.78 is 5.15. The monoisotopic (exact) mass is 431 g/mol. The van der Waals surface area contributed by atoms with Crippen LogP contribution >= 0.6 is 23.2 Å². The van der Waals surface area contributed by atoms with Crippen molar-refractivity contribution in [3.63, 3.8) is 0 Å². The van der Waals surface area contributed by atoms with Crippen molar-refractivity contribution in [2.24, 2.45) is 0 Å². The lowest BCUT2D eigenvalue weighted by Gasteiger charge is -2.26. The lowest BCUT2D eigenvalue weighted by Crippen LogP contribution is -2.31. The highest BCUT2D eigenvalue weighted by molar-refractivity contribution is 6.36. The van der Waals surface area contributed by atoms with Crippen molar-refractivity contribution >= 4 is 29.1 Å². The second kappa shape index (κ2) is 8.06. The van der Waals surface area contributed by atoms with Gasteiger partial charge in [0.15, 0.2) is 0 Å². The number of rotatable bonds is 6. The van der Waals surface area contributed by atoms with E-state index in [1.165, 1.54) is 0 Å². The van der Waals surface area contributed by atoms with Crippen molar-refractivity contribution in [3.8, 4) is 17.0 Å². The fourth-order valence-corrected chi connectivity index (χ4v) is 4.23. The second-order valence-electron chi connectivity index (χ2n) is 6.83. The molecule has 6 nitrogen and oxygen atoms in total. The van der Waals surface area contributed by atoms with Gasteiger partial charge in [-0.25, -0.2) is 0 Å². The third kappa shape index (κ3) is 3.59. The molecule has 0 radical (unpaired) electrons. The molecular formula is C21H19Cl2N3O3. The predicted molar refractivity (Wildman–Crippen MR) is 112 cm³/mol. The Labute approximate surface area is 178 Å². The number of fused-ring (bicyclic) bond motifs is 1. The molecule has 2 aromatic carbocycles. The Morgan fingerprint density at radius 3 is 2.79 bits per heavy atom. The first-order valence-electron chi connectivity index (χ1n) is 9.13. The number of amides is 1. The fourth-order valence-electron chi connectivity index (χ4n) is 3.73. The van der Waals surface area contributed by atoms with Gasteiger partial charge < -0.3 is 14.7 Å². The van der Waals surface area contributed by atoms with Crippen LogP contribution in [0, 0.1) is 0 Å². The summed E-state index contributed by atoms with van der Waals surface area (Å²) in [4.78, 5) is 14.9. The van der Waals surface area contributed by atoms with E-state index in [-0.39, 0.29) is 11.7 Å². The van der Waals surface area contributed by atoms with Crippen molar-refractivity contribution in [1.29, 1.82) is 0 Å². The van der Waals surface area contributed by atoms with E-state index in [1.807, 2.05) is 6.07 Å². The number of hydrogen-bond donors (Lipinski definition) is 2. The summed E-state index contributed by atoms with van der Waals surface area (Å²) in [7, 11) is 1.63. The summed E-state index contributed by atoms with van der Waals surface area (Å²) in [6, 6.07) is 11.7. The number of carbonyl (C=O) groups excluding carboxylic acids is 1. The molecule has 0 bridgehead atoms. The van der Waals surface area contributed by atoms with Crippen molar-refractivity contribution < 1.29 is 14.6 Å². The van der Waals surface area contributed by atoms with E-state index in [2.05, 4.69) is 10.2 Å². The van der Waals surface area contributed by atoms with Gasteiger partial charge in [0.1, 0.15) is 17.1 Å². The maximum absolute atomic E-state index is 13.1. The van der Waals surface area contributed by atoms with Crippen LogP contribution in [0.1, 0.15) is 34.1 Å². The van der Waals surface area contributed by atoms with Crippen molar-refractivity contribution in [1.82, 2.24) is 15.1 Å². The molecule has 0 saturated carbocycles. The summed E-state index contributed by atoms with van der Waals surface area (Å²) in [6.45, 7) is 1.04. The average molecular weight is 432 g/mol. The number of phenols is 1. The van der Waals surface area contributed by atoms with Gasteiger partial charge in [-0.2, -0.15) is 5.10 Å². The number of hydrogen-bond acceptors (Lipinski definition) is 4. The Bertz CT molecular complexity index is 1070. The highest BCUT2D eigenvalue weighted by Crippen LogP contribution is 2.44. The van der Waals surface area contributed by atoms with Crippen LogP contribution in [-0.2, 0) is 4.74 Å². The molecule has 2 N–H and O–H groups in total. The van der Waals surface area contributed by atoms with Crippen LogP contribution in [0.5, 0.6) is 5.75 Å². The van der Waals surface area contributed by atoms with E-state index < -0.39 is 6.04 Å². The molecule has 0 aliphatic carbocycles. The van der Waals surface area contributed by atoms with Gasteiger partial charge in [-0.15, -0.1) is 0 Å². The fraction of sp³-hybridized carbons (Fsp3) is 0.238. The molecule has 0 fully saturated rings. The van der Waals surface area contributed by atoms with E-state index in [9.17, 15) is 9.90 Å². The lowest BCUT2D eigenvalue weighted by molar-refractivity contribution is 0.0723. The first kappa shape index (κ1) is 19.8. The molecule has 1 amide bonds. The number of aromatic hydroxyl groups is 1. The van der Waals surface area contributed by atoms with Crippen LogP contribution in [0.25, 0.3) is 11.3 Å². The van der Waals surface area contributed by atoms with E-state index >= 15 is 0 Å². The molecule has 29 heavy (non-hydrogen) atoms. The van der Waals surface area contributed by atoms with Crippen molar-refractivity contribution in [2.75, 3.05) is 20.3 Å². The van der Waals surface area contributed by atoms with Crippen LogP contribution in [-0.4, -0.2) is 46.4 Å². The summed E-state index contributed by atoms with van der Waals surface area (Å²) in [5, 5.41) is 18.3. The molecule has 150 valence electrons. The third-order valence-electron chi connectivity index (χ3n) is 4.98. The molecule has 1 atom stereocenters. The highest BCUT2D eigenvalue weighted by atomic mass is 35.5. The molecule has 1 aromatic heterocycles. The van der Waals surface area contributed by atoms with Crippen molar-refractivity contribution in [2.45, 2.75) is 12.5 Å². The van der Waals surface area contributed by atoms with Gasteiger partial charge in [-0.1, -0.05) is 35.3 Å². The van der Waals surface area contributed by atoms with Gasteiger partial charge in [-0.3, -0.25) is 9.89 Å². The number of carbonyl (C=O) groups is 1. The zero-order valence-corrected chi connectivity index (χ0v) is 17.2. The number of phenolic OH excluding ortho intramolecular Hbond substituents is 1. The number of benzene rings is 2. The normalized spacial score (nSPS) is 15.8. The molecular weight excluding hydrogens is 413 g/mol. The average Bonchev–Trinajstić information content (AvgIpc) is 3.22. The molecule has 1 aliphatic heterocycles. The molecule has 1 unspecified atom stereocenters. The number of aromatic nitrogens is 2. The number of aromatic amines is 1.